The zero-order valence-corrected chi connectivity index (χ0v) is 26.5. The summed E-state index contributed by atoms with van der Waals surface area (Å²) in [5.74, 6) is -1.05. The first-order valence-corrected chi connectivity index (χ1v) is 15.1. The summed E-state index contributed by atoms with van der Waals surface area (Å²) in [6.45, 7) is 12.9. The third-order valence-corrected chi connectivity index (χ3v) is 7.52. The van der Waals surface area contributed by atoms with Crippen LogP contribution in [0.3, 0.4) is 0 Å². The number of carbonyl (C=O) groups is 1. The van der Waals surface area contributed by atoms with Gasteiger partial charge in [-0.3, -0.25) is 4.79 Å². The van der Waals surface area contributed by atoms with Gasteiger partial charge in [-0.1, -0.05) is 87.5 Å². The molecule has 0 saturated heterocycles. The zero-order chi connectivity index (χ0) is 29.6. The molecule has 0 radical (unpaired) electrons. The van der Waals surface area contributed by atoms with Crippen LogP contribution in [0.4, 0.5) is 8.78 Å². The van der Waals surface area contributed by atoms with Crippen molar-refractivity contribution in [2.45, 2.75) is 70.6 Å². The van der Waals surface area contributed by atoms with E-state index in [2.05, 4.69) is 69.5 Å². The minimum Gasteiger partial charge on any atom is -0.387 e. The molecule has 0 spiro atoms. The maximum atomic E-state index is 14.9. The number of alkyl halides is 1. The molecule has 2 aromatic carbocycles. The van der Waals surface area contributed by atoms with Crippen molar-refractivity contribution in [1.29, 1.82) is 0 Å². The first-order chi connectivity index (χ1) is 18.8. The topological polar surface area (TPSA) is 57.5 Å². The van der Waals surface area contributed by atoms with Crippen molar-refractivity contribution in [2.24, 2.45) is 11.3 Å². The number of hydrogen-bond donors (Lipinski definition) is 2. The number of benzene rings is 2. The van der Waals surface area contributed by atoms with Crippen molar-refractivity contribution in [3.8, 4) is 11.1 Å². The van der Waals surface area contributed by atoms with Crippen LogP contribution in [0.2, 0.25) is 0 Å². The second-order valence-electron chi connectivity index (χ2n) is 11.8. The monoisotopic (exact) mass is 665 g/mol. The fourth-order valence-corrected chi connectivity index (χ4v) is 5.74. The molecule has 218 valence electrons. The Morgan fingerprint density at radius 3 is 2.33 bits per heavy atom. The van der Waals surface area contributed by atoms with Gasteiger partial charge in [-0.15, -0.1) is 0 Å². The van der Waals surface area contributed by atoms with E-state index in [1.54, 1.807) is 4.90 Å². The fraction of sp³-hybridized carbons (Fsp3) is 0.469. The normalized spacial score (nSPS) is 14.3. The largest absolute Gasteiger partial charge is 0.387 e. The predicted octanol–water partition coefficient (Wildman–Crippen LogP) is 7.18. The molecule has 3 atom stereocenters. The quantitative estimate of drug-likeness (QED) is 0.123. The molecule has 8 heteroatoms. The second kappa shape index (κ2) is 14.0. The highest BCUT2D eigenvalue weighted by Gasteiger charge is 2.37. The van der Waals surface area contributed by atoms with Gasteiger partial charge in [0.2, 0.25) is 5.91 Å². The molecule has 0 aliphatic heterocycles. The van der Waals surface area contributed by atoms with Gasteiger partial charge in [0.05, 0.1) is 10.1 Å². The standard InChI is InChI=1S/C32H42F2IN3O2/c1-21(2)28(36-22(3)35)14-15-38(30(40)20-39)31(32(4,5)6)29-16-24(26-17-25(33)12-13-27(26)34)19-37(29)18-23-10-8-7-9-11-23/h7-13,16-17,19,21-22,28,31,36,39H,14-15,18,20H2,1-6H3/t22?,28-,31-/m0/s1. The molecule has 1 heterocycles. The predicted molar refractivity (Wildman–Crippen MR) is 166 cm³/mol. The molecule has 3 rings (SSSR count). The highest BCUT2D eigenvalue weighted by molar-refractivity contribution is 14.1. The Balaban J connectivity index is 2.15. The number of nitrogens with zero attached hydrogens (tertiary/aromatic N) is 2. The number of aliphatic hydroxyl groups excluding tert-OH is 1. The Kier molecular flexibility index (Phi) is 11.3. The van der Waals surface area contributed by atoms with Crippen LogP contribution in [0, 0.1) is 23.0 Å². The summed E-state index contributed by atoms with van der Waals surface area (Å²) >= 11 is 2.34. The van der Waals surface area contributed by atoms with Gasteiger partial charge in [-0.05, 0) is 54.5 Å². The van der Waals surface area contributed by atoms with Crippen molar-refractivity contribution in [3.63, 3.8) is 0 Å². The van der Waals surface area contributed by atoms with Crippen molar-refractivity contribution in [1.82, 2.24) is 14.8 Å². The molecule has 5 nitrogen and oxygen atoms in total. The number of aromatic nitrogens is 1. The van der Waals surface area contributed by atoms with Crippen molar-refractivity contribution in [3.05, 3.63) is 83.7 Å². The van der Waals surface area contributed by atoms with Crippen LogP contribution in [0.1, 0.15) is 65.3 Å². The van der Waals surface area contributed by atoms with Crippen LogP contribution < -0.4 is 5.32 Å². The zero-order valence-electron chi connectivity index (χ0n) is 24.3. The molecular formula is C32H42F2IN3O2. The number of hydrogen-bond acceptors (Lipinski definition) is 3. The summed E-state index contributed by atoms with van der Waals surface area (Å²) < 4.78 is 31.4. The molecule has 40 heavy (non-hydrogen) atoms. The summed E-state index contributed by atoms with van der Waals surface area (Å²) in [6, 6.07) is 14.9. The molecule has 0 saturated carbocycles. The van der Waals surface area contributed by atoms with E-state index in [-0.39, 0.29) is 21.6 Å². The van der Waals surface area contributed by atoms with Gasteiger partial charge in [0.1, 0.15) is 18.2 Å². The van der Waals surface area contributed by atoms with E-state index < -0.39 is 29.7 Å². The van der Waals surface area contributed by atoms with Crippen molar-refractivity contribution >= 4 is 28.5 Å². The van der Waals surface area contributed by atoms with Crippen molar-refractivity contribution < 1.29 is 18.7 Å². The van der Waals surface area contributed by atoms with E-state index in [9.17, 15) is 18.7 Å². The number of halogens is 3. The fourth-order valence-electron chi connectivity index (χ4n) is 5.28. The lowest BCUT2D eigenvalue weighted by molar-refractivity contribution is -0.139. The third-order valence-electron chi connectivity index (χ3n) is 7.16. The van der Waals surface area contributed by atoms with Crippen molar-refractivity contribution in [2.75, 3.05) is 13.2 Å². The summed E-state index contributed by atoms with van der Waals surface area (Å²) in [6.07, 6.45) is 2.53. The Labute approximate surface area is 251 Å². The lowest BCUT2D eigenvalue weighted by Gasteiger charge is -2.41. The van der Waals surface area contributed by atoms with Gasteiger partial charge in [0.15, 0.2) is 0 Å². The molecule has 1 amide bonds. The Morgan fingerprint density at radius 1 is 1.07 bits per heavy atom. The Morgan fingerprint density at radius 2 is 1.75 bits per heavy atom. The lowest BCUT2D eigenvalue weighted by Crippen LogP contribution is -2.46. The van der Waals surface area contributed by atoms with E-state index in [0.29, 0.717) is 31.0 Å². The van der Waals surface area contributed by atoms with Crippen LogP contribution in [0.25, 0.3) is 11.1 Å². The SMILES string of the molecule is CC(I)N[C@@H](CCN(C(=O)CO)[C@@H](c1cc(-c2cc(F)ccc2F)cn1Cc1ccccc1)C(C)(C)C)C(C)C. The average molecular weight is 666 g/mol. The molecule has 1 aromatic heterocycles. The summed E-state index contributed by atoms with van der Waals surface area (Å²) in [5, 5.41) is 13.6. The van der Waals surface area contributed by atoms with E-state index >= 15 is 0 Å². The molecule has 3 aromatic rings. The van der Waals surface area contributed by atoms with E-state index in [1.165, 1.54) is 6.07 Å². The van der Waals surface area contributed by atoms with Crippen LogP contribution in [0.15, 0.2) is 60.8 Å². The molecule has 2 N–H and O–H groups in total. The van der Waals surface area contributed by atoms with Crippen LogP contribution >= 0.6 is 22.6 Å². The van der Waals surface area contributed by atoms with Gasteiger partial charge in [-0.2, -0.15) is 0 Å². The summed E-state index contributed by atoms with van der Waals surface area (Å²) in [4.78, 5) is 15.1. The maximum Gasteiger partial charge on any atom is 0.248 e. The summed E-state index contributed by atoms with van der Waals surface area (Å²) in [7, 11) is 0. The first kappa shape index (κ1) is 32.2. The van der Waals surface area contributed by atoms with Gasteiger partial charge in [-0.25, -0.2) is 8.78 Å². The first-order valence-electron chi connectivity index (χ1n) is 13.8. The number of amides is 1. The Bertz CT molecular complexity index is 1250. The van der Waals surface area contributed by atoms with Crippen LogP contribution in [-0.4, -0.2) is 43.7 Å². The lowest BCUT2D eigenvalue weighted by atomic mass is 9.82. The highest BCUT2D eigenvalue weighted by atomic mass is 127. The number of carbonyl (C=O) groups excluding carboxylic acids is 1. The third kappa shape index (κ3) is 8.36. The van der Waals surface area contributed by atoms with E-state index in [1.807, 2.05) is 47.2 Å². The number of rotatable bonds is 12. The molecule has 0 aliphatic rings. The average Bonchev–Trinajstić information content (AvgIpc) is 3.28. The molecule has 0 aliphatic carbocycles. The summed E-state index contributed by atoms with van der Waals surface area (Å²) in [5.41, 5.74) is 2.11. The minimum absolute atomic E-state index is 0.167. The van der Waals surface area contributed by atoms with Gasteiger partial charge < -0.3 is 19.9 Å². The maximum absolute atomic E-state index is 14.9. The van der Waals surface area contributed by atoms with Crippen LogP contribution in [0.5, 0.6) is 0 Å². The highest BCUT2D eigenvalue weighted by Crippen LogP contribution is 2.41. The molecule has 1 unspecified atom stereocenters. The number of nitrogens with one attached hydrogen (secondary N) is 1. The Hall–Kier alpha value is -2.30. The van der Waals surface area contributed by atoms with E-state index in [0.717, 1.165) is 23.4 Å². The molecule has 0 fully saturated rings. The smallest absolute Gasteiger partial charge is 0.248 e. The van der Waals surface area contributed by atoms with Gasteiger partial charge >= 0.3 is 0 Å². The van der Waals surface area contributed by atoms with Gasteiger partial charge in [0, 0.05) is 42.1 Å². The second-order valence-corrected chi connectivity index (χ2v) is 13.7. The molecule has 0 bridgehead atoms. The van der Waals surface area contributed by atoms with Gasteiger partial charge in [0.25, 0.3) is 0 Å². The molecular weight excluding hydrogens is 623 g/mol. The number of aliphatic hydroxyl groups is 1. The van der Waals surface area contributed by atoms with Crippen LogP contribution in [-0.2, 0) is 11.3 Å². The van der Waals surface area contributed by atoms with E-state index in [4.69, 9.17) is 0 Å². The minimum atomic E-state index is -0.611.